The molecule has 0 spiro atoms. The molecule has 0 aliphatic rings. The van der Waals surface area contributed by atoms with E-state index >= 15 is 0 Å². The number of pyridine rings is 1. The van der Waals surface area contributed by atoms with Crippen LogP contribution >= 0.6 is 34.8 Å². The lowest BCUT2D eigenvalue weighted by molar-refractivity contribution is 0.0787. The summed E-state index contributed by atoms with van der Waals surface area (Å²) in [5, 5.41) is 11.4. The van der Waals surface area contributed by atoms with Crippen LogP contribution in [0.3, 0.4) is 0 Å². The minimum absolute atomic E-state index is 0.130. The number of nitrogens with one attached hydrogen (secondary N) is 1. The molecule has 0 aromatic carbocycles. The van der Waals surface area contributed by atoms with Crippen LogP contribution in [-0.2, 0) is 0 Å². The van der Waals surface area contributed by atoms with Crippen molar-refractivity contribution < 1.29 is 9.90 Å². The van der Waals surface area contributed by atoms with Crippen molar-refractivity contribution in [2.45, 2.75) is 10.0 Å². The number of hydrogen-bond acceptors (Lipinski definition) is 3. The second kappa shape index (κ2) is 4.99. The average Bonchev–Trinajstić information content (AvgIpc) is 2.17. The van der Waals surface area contributed by atoms with Crippen molar-refractivity contribution in [1.29, 1.82) is 0 Å². The van der Waals surface area contributed by atoms with Crippen molar-refractivity contribution in [2.75, 3.05) is 0 Å². The largest absolute Gasteiger partial charge is 0.369 e. The highest BCUT2D eigenvalue weighted by Gasteiger charge is 2.32. The number of aromatic nitrogens is 1. The van der Waals surface area contributed by atoms with E-state index in [-0.39, 0.29) is 5.69 Å². The van der Waals surface area contributed by atoms with E-state index in [2.05, 4.69) is 10.3 Å². The first kappa shape index (κ1) is 12.5. The number of amides is 1. The number of rotatable bonds is 2. The maximum atomic E-state index is 11.4. The minimum Gasteiger partial charge on any atom is -0.369 e. The van der Waals surface area contributed by atoms with E-state index in [0.29, 0.717) is 0 Å². The Morgan fingerprint density at radius 2 is 2.13 bits per heavy atom. The van der Waals surface area contributed by atoms with Gasteiger partial charge in [0, 0.05) is 6.20 Å². The summed E-state index contributed by atoms with van der Waals surface area (Å²) in [5.74, 6) is -0.616. The molecule has 2 N–H and O–H groups in total. The van der Waals surface area contributed by atoms with Crippen LogP contribution in [0.5, 0.6) is 0 Å². The van der Waals surface area contributed by atoms with Crippen LogP contribution in [0.4, 0.5) is 0 Å². The molecule has 0 aliphatic carbocycles. The molecule has 1 rings (SSSR count). The van der Waals surface area contributed by atoms with Gasteiger partial charge in [0.2, 0.25) is 3.79 Å². The van der Waals surface area contributed by atoms with Crippen LogP contribution in [0.25, 0.3) is 0 Å². The summed E-state index contributed by atoms with van der Waals surface area (Å²) in [6.45, 7) is 0. The van der Waals surface area contributed by atoms with Crippen LogP contribution in [0, 0.1) is 0 Å². The Labute approximate surface area is 101 Å². The van der Waals surface area contributed by atoms with Crippen LogP contribution in [-0.4, -0.2) is 26.0 Å². The first-order valence-corrected chi connectivity index (χ1v) is 5.01. The Morgan fingerprint density at radius 1 is 1.47 bits per heavy atom. The normalized spacial score (nSPS) is 13.3. The van der Waals surface area contributed by atoms with Crippen molar-refractivity contribution in [3.8, 4) is 0 Å². The zero-order valence-electron chi connectivity index (χ0n) is 7.32. The topological polar surface area (TPSA) is 62.2 Å². The molecule has 1 heterocycles. The van der Waals surface area contributed by atoms with E-state index in [0.717, 1.165) is 0 Å². The molecule has 1 aromatic rings. The van der Waals surface area contributed by atoms with Crippen molar-refractivity contribution in [1.82, 2.24) is 10.3 Å². The van der Waals surface area contributed by atoms with Crippen molar-refractivity contribution in [3.63, 3.8) is 0 Å². The lowest BCUT2D eigenvalue weighted by Gasteiger charge is -2.19. The predicted molar refractivity (Wildman–Crippen MR) is 58.0 cm³/mol. The Kier molecular flexibility index (Phi) is 4.16. The Morgan fingerprint density at radius 3 is 2.60 bits per heavy atom. The van der Waals surface area contributed by atoms with Gasteiger partial charge in [-0.15, -0.1) is 0 Å². The summed E-state index contributed by atoms with van der Waals surface area (Å²) in [6.07, 6.45) is -0.145. The van der Waals surface area contributed by atoms with Crippen molar-refractivity contribution in [2.24, 2.45) is 0 Å². The fourth-order valence-electron chi connectivity index (χ4n) is 0.777. The van der Waals surface area contributed by atoms with Gasteiger partial charge in [0.15, 0.2) is 6.23 Å². The summed E-state index contributed by atoms with van der Waals surface area (Å²) in [5.41, 5.74) is 0.130. The Balaban J connectivity index is 2.65. The third-order valence-corrected chi connectivity index (χ3v) is 2.10. The molecule has 7 heteroatoms. The molecule has 0 bridgehead atoms. The van der Waals surface area contributed by atoms with Crippen molar-refractivity contribution >= 4 is 40.7 Å². The monoisotopic (exact) mass is 268 g/mol. The Bertz CT molecular complexity index is 339. The maximum absolute atomic E-state index is 11.4. The summed E-state index contributed by atoms with van der Waals surface area (Å²) in [6, 6.07) is 4.76. The summed E-state index contributed by atoms with van der Waals surface area (Å²) in [4.78, 5) is 15.2. The standard InChI is InChI=1S/C8H7Cl3N2O2/c9-8(10,11)7(15)13-6(14)5-3-1-2-4-12-5/h1-4,7,15H,(H,13,14)/t7-/m0/s1. The number of carbonyl (C=O) groups excluding carboxylic acids is 1. The molecule has 0 fully saturated rings. The number of nitrogens with zero attached hydrogens (tertiary/aromatic N) is 1. The fourth-order valence-corrected chi connectivity index (χ4v) is 0.941. The lowest BCUT2D eigenvalue weighted by atomic mass is 10.3. The van der Waals surface area contributed by atoms with Gasteiger partial charge in [0.1, 0.15) is 5.69 Å². The van der Waals surface area contributed by atoms with Crippen molar-refractivity contribution in [3.05, 3.63) is 30.1 Å². The number of aliphatic hydroxyl groups is 1. The molecule has 1 atom stereocenters. The number of aliphatic hydroxyl groups excluding tert-OH is 1. The smallest absolute Gasteiger partial charge is 0.271 e. The Hall–Kier alpha value is -0.550. The molecule has 0 saturated carbocycles. The van der Waals surface area contributed by atoms with Gasteiger partial charge in [-0.2, -0.15) is 0 Å². The zero-order chi connectivity index (χ0) is 11.5. The average molecular weight is 270 g/mol. The quantitative estimate of drug-likeness (QED) is 0.632. The third-order valence-electron chi connectivity index (χ3n) is 1.48. The van der Waals surface area contributed by atoms with E-state index < -0.39 is 15.9 Å². The number of carbonyl (C=O) groups is 1. The molecule has 0 unspecified atom stereocenters. The van der Waals surface area contributed by atoms with Gasteiger partial charge in [-0.1, -0.05) is 40.9 Å². The molecule has 82 valence electrons. The molecule has 4 nitrogen and oxygen atoms in total. The van der Waals surface area contributed by atoms with E-state index in [1.165, 1.54) is 12.3 Å². The zero-order valence-corrected chi connectivity index (χ0v) is 9.59. The molecule has 1 aromatic heterocycles. The SMILES string of the molecule is O=C(N[C@@H](O)C(Cl)(Cl)Cl)c1ccccn1. The van der Waals surface area contributed by atoms with E-state index in [1.807, 2.05) is 0 Å². The van der Waals surface area contributed by atoms with Gasteiger partial charge >= 0.3 is 0 Å². The van der Waals surface area contributed by atoms with Crippen LogP contribution in [0.15, 0.2) is 24.4 Å². The highest BCUT2D eigenvalue weighted by atomic mass is 35.6. The molecule has 0 saturated heterocycles. The van der Waals surface area contributed by atoms with Gasteiger partial charge in [-0.3, -0.25) is 9.78 Å². The lowest BCUT2D eigenvalue weighted by Crippen LogP contribution is -2.43. The van der Waals surface area contributed by atoms with Crippen LogP contribution < -0.4 is 5.32 Å². The van der Waals surface area contributed by atoms with Gasteiger partial charge in [-0.05, 0) is 12.1 Å². The third kappa shape index (κ3) is 3.83. The van der Waals surface area contributed by atoms with E-state index in [4.69, 9.17) is 34.8 Å². The molecule has 0 radical (unpaired) electrons. The van der Waals surface area contributed by atoms with Gasteiger partial charge < -0.3 is 10.4 Å². The molecule has 15 heavy (non-hydrogen) atoms. The highest BCUT2D eigenvalue weighted by Crippen LogP contribution is 2.28. The first-order chi connectivity index (χ1) is 6.91. The molecular formula is C8H7Cl3N2O2. The van der Waals surface area contributed by atoms with Gasteiger partial charge in [0.05, 0.1) is 0 Å². The van der Waals surface area contributed by atoms with Crippen LogP contribution in [0.1, 0.15) is 10.5 Å². The second-order valence-electron chi connectivity index (χ2n) is 2.63. The number of hydrogen-bond donors (Lipinski definition) is 2. The molecule has 1 amide bonds. The van der Waals surface area contributed by atoms with E-state index in [1.54, 1.807) is 12.1 Å². The second-order valence-corrected chi connectivity index (χ2v) is 5.00. The number of halogens is 3. The van der Waals surface area contributed by atoms with Crippen LogP contribution in [0.2, 0.25) is 0 Å². The van der Waals surface area contributed by atoms with Gasteiger partial charge in [-0.25, -0.2) is 0 Å². The molecule has 0 aliphatic heterocycles. The number of alkyl halides is 3. The maximum Gasteiger partial charge on any atom is 0.271 e. The van der Waals surface area contributed by atoms with Gasteiger partial charge in [0.25, 0.3) is 5.91 Å². The highest BCUT2D eigenvalue weighted by molar-refractivity contribution is 6.68. The summed E-state index contributed by atoms with van der Waals surface area (Å²) < 4.78 is -1.97. The summed E-state index contributed by atoms with van der Waals surface area (Å²) in [7, 11) is 0. The molecular weight excluding hydrogens is 262 g/mol. The minimum atomic E-state index is -1.97. The van der Waals surface area contributed by atoms with E-state index in [9.17, 15) is 9.90 Å². The predicted octanol–water partition coefficient (Wildman–Crippen LogP) is 1.50. The fraction of sp³-hybridized carbons (Fsp3) is 0.250. The first-order valence-electron chi connectivity index (χ1n) is 3.88. The summed E-state index contributed by atoms with van der Waals surface area (Å²) >= 11 is 16.1.